The second-order valence-electron chi connectivity index (χ2n) is 5.46. The van der Waals surface area contributed by atoms with Gasteiger partial charge in [-0.25, -0.2) is 0 Å². The van der Waals surface area contributed by atoms with Crippen LogP contribution in [-0.2, 0) is 11.3 Å². The number of carboxylic acid groups (broad SMARTS) is 1. The highest BCUT2D eigenvalue weighted by Crippen LogP contribution is 2.26. The van der Waals surface area contributed by atoms with E-state index < -0.39 is 5.97 Å². The molecule has 1 aliphatic heterocycles. The van der Waals surface area contributed by atoms with Crippen LogP contribution >= 0.6 is 23.2 Å². The van der Waals surface area contributed by atoms with Gasteiger partial charge in [0.05, 0.1) is 23.1 Å². The lowest BCUT2D eigenvalue weighted by Gasteiger charge is -2.16. The highest BCUT2D eigenvalue weighted by molar-refractivity contribution is 6.42. The third-order valence-corrected chi connectivity index (χ3v) is 4.43. The van der Waals surface area contributed by atoms with Gasteiger partial charge >= 0.3 is 5.97 Å². The van der Waals surface area contributed by atoms with Crippen LogP contribution in [0.25, 0.3) is 0 Å². The van der Waals surface area contributed by atoms with Crippen LogP contribution in [0.15, 0.2) is 23.0 Å². The van der Waals surface area contributed by atoms with E-state index in [0.29, 0.717) is 40.7 Å². The summed E-state index contributed by atoms with van der Waals surface area (Å²) in [5, 5.41) is 15.7. The molecule has 0 bridgehead atoms. The van der Waals surface area contributed by atoms with Gasteiger partial charge in [-0.1, -0.05) is 29.3 Å². The number of nitrogens with one attached hydrogen (secondary N) is 3. The van der Waals surface area contributed by atoms with Crippen LogP contribution < -0.4 is 21.1 Å². The summed E-state index contributed by atoms with van der Waals surface area (Å²) in [6, 6.07) is 5.23. The number of hydrogen-bond acceptors (Lipinski definition) is 6. The van der Waals surface area contributed by atoms with E-state index in [0.717, 1.165) is 5.56 Å². The number of hydrogen-bond donors (Lipinski definition) is 4. The van der Waals surface area contributed by atoms with Crippen LogP contribution in [0.3, 0.4) is 0 Å². The zero-order valence-electron chi connectivity index (χ0n) is 13.0. The molecule has 8 nitrogen and oxygen atoms in total. The standard InChI is InChI=1S/C15H15Cl2N5O3/c16-9-2-1-8(5-10(9)17)6-18-15-20-13-12(14(25)21-15)19-7-22(13)4-3-11(23)24/h1-2,5,19H,3-4,6-7H2,(H,23,24)(H2,18,20,21,25). The molecule has 0 radical (unpaired) electrons. The number of halogens is 2. The van der Waals surface area contributed by atoms with Crippen molar-refractivity contribution in [3.63, 3.8) is 0 Å². The van der Waals surface area contributed by atoms with E-state index in [-0.39, 0.29) is 18.5 Å². The van der Waals surface area contributed by atoms with Gasteiger partial charge in [0.1, 0.15) is 5.69 Å². The molecule has 0 aliphatic carbocycles. The summed E-state index contributed by atoms with van der Waals surface area (Å²) in [7, 11) is 0. The largest absolute Gasteiger partial charge is 0.481 e. The zero-order valence-corrected chi connectivity index (χ0v) is 14.5. The Balaban J connectivity index is 1.75. The normalized spacial score (nSPS) is 12.6. The van der Waals surface area contributed by atoms with E-state index in [4.69, 9.17) is 28.3 Å². The van der Waals surface area contributed by atoms with Gasteiger partial charge in [-0.2, -0.15) is 4.98 Å². The first-order chi connectivity index (χ1) is 11.9. The van der Waals surface area contributed by atoms with E-state index in [2.05, 4.69) is 20.6 Å². The molecule has 4 N–H and O–H groups in total. The van der Waals surface area contributed by atoms with Crippen molar-refractivity contribution < 1.29 is 9.90 Å². The van der Waals surface area contributed by atoms with Crippen molar-refractivity contribution in [2.45, 2.75) is 13.0 Å². The van der Waals surface area contributed by atoms with Gasteiger partial charge in [-0.15, -0.1) is 0 Å². The van der Waals surface area contributed by atoms with Gasteiger partial charge < -0.3 is 20.6 Å². The number of aromatic amines is 1. The highest BCUT2D eigenvalue weighted by Gasteiger charge is 2.24. The molecule has 2 heterocycles. The van der Waals surface area contributed by atoms with Gasteiger partial charge in [0.2, 0.25) is 5.95 Å². The average molecular weight is 384 g/mol. The van der Waals surface area contributed by atoms with Gasteiger partial charge in [-0.3, -0.25) is 14.6 Å². The lowest BCUT2D eigenvalue weighted by atomic mass is 10.2. The second kappa shape index (κ2) is 7.20. The molecule has 25 heavy (non-hydrogen) atoms. The zero-order chi connectivity index (χ0) is 18.0. The summed E-state index contributed by atoms with van der Waals surface area (Å²) in [4.78, 5) is 31.6. The molecule has 0 saturated heterocycles. The summed E-state index contributed by atoms with van der Waals surface area (Å²) >= 11 is 11.9. The number of anilines is 3. The molecule has 1 aromatic heterocycles. The SMILES string of the molecule is O=C(O)CCN1CNc2c1nc(NCc1ccc(Cl)c(Cl)c1)[nH]c2=O. The minimum atomic E-state index is -0.906. The van der Waals surface area contributed by atoms with Crippen molar-refractivity contribution >= 4 is 46.6 Å². The number of fused-ring (bicyclic) bond motifs is 1. The van der Waals surface area contributed by atoms with Gasteiger partial charge in [0, 0.05) is 13.1 Å². The molecular formula is C15H15Cl2N5O3. The number of aromatic nitrogens is 2. The van der Waals surface area contributed by atoms with Crippen LogP contribution in [0, 0.1) is 0 Å². The summed E-state index contributed by atoms with van der Waals surface area (Å²) in [6.07, 6.45) is -0.0400. The topological polar surface area (TPSA) is 110 Å². The minimum absolute atomic E-state index is 0.0400. The molecule has 0 amide bonds. The van der Waals surface area contributed by atoms with Crippen LogP contribution in [0.1, 0.15) is 12.0 Å². The molecule has 1 aliphatic rings. The fourth-order valence-corrected chi connectivity index (χ4v) is 2.75. The number of carbonyl (C=O) groups is 1. The van der Waals surface area contributed by atoms with Crippen molar-refractivity contribution in [2.24, 2.45) is 0 Å². The number of aliphatic carboxylic acids is 1. The molecular weight excluding hydrogens is 369 g/mol. The first-order valence-corrected chi connectivity index (χ1v) is 8.22. The summed E-state index contributed by atoms with van der Waals surface area (Å²) in [5.41, 5.74) is 0.892. The minimum Gasteiger partial charge on any atom is -0.481 e. The molecule has 0 unspecified atom stereocenters. The van der Waals surface area contributed by atoms with E-state index in [1.54, 1.807) is 17.0 Å². The maximum Gasteiger partial charge on any atom is 0.305 e. The fourth-order valence-electron chi connectivity index (χ4n) is 2.43. The van der Waals surface area contributed by atoms with Crippen molar-refractivity contribution in [1.29, 1.82) is 0 Å². The molecule has 0 atom stereocenters. The molecule has 0 saturated carbocycles. The van der Waals surface area contributed by atoms with Crippen LogP contribution in [0.4, 0.5) is 17.5 Å². The molecule has 132 valence electrons. The van der Waals surface area contributed by atoms with Gasteiger partial charge in [0.25, 0.3) is 5.56 Å². The predicted octanol–water partition coefficient (Wildman–Crippen LogP) is 2.35. The summed E-state index contributed by atoms with van der Waals surface area (Å²) in [6.45, 7) is 0.994. The third kappa shape index (κ3) is 3.97. The Morgan fingerprint density at radius 3 is 2.88 bits per heavy atom. The van der Waals surface area contributed by atoms with Gasteiger partial charge in [0.15, 0.2) is 5.82 Å². The first kappa shape index (κ1) is 17.4. The van der Waals surface area contributed by atoms with Crippen LogP contribution in [0.5, 0.6) is 0 Å². The second-order valence-corrected chi connectivity index (χ2v) is 6.27. The lowest BCUT2D eigenvalue weighted by molar-refractivity contribution is -0.136. The van der Waals surface area contributed by atoms with E-state index in [1.807, 2.05) is 6.07 Å². The monoisotopic (exact) mass is 383 g/mol. The number of nitrogens with zero attached hydrogens (tertiary/aromatic N) is 2. The number of H-pyrrole nitrogens is 1. The van der Waals surface area contributed by atoms with Crippen molar-refractivity contribution in [3.8, 4) is 0 Å². The smallest absolute Gasteiger partial charge is 0.305 e. The third-order valence-electron chi connectivity index (χ3n) is 3.69. The molecule has 2 aromatic rings. The van der Waals surface area contributed by atoms with E-state index >= 15 is 0 Å². The summed E-state index contributed by atoms with van der Waals surface area (Å²) < 4.78 is 0. The van der Waals surface area contributed by atoms with Gasteiger partial charge in [-0.05, 0) is 17.7 Å². The Labute approximate surface area is 152 Å². The maximum atomic E-state index is 12.1. The molecule has 3 rings (SSSR count). The van der Waals surface area contributed by atoms with E-state index in [9.17, 15) is 9.59 Å². The average Bonchev–Trinajstić information content (AvgIpc) is 2.97. The number of rotatable bonds is 6. The number of carboxylic acids is 1. The van der Waals surface area contributed by atoms with Crippen molar-refractivity contribution in [1.82, 2.24) is 9.97 Å². The Bertz CT molecular complexity index is 871. The van der Waals surface area contributed by atoms with Crippen LogP contribution in [0.2, 0.25) is 10.0 Å². The Kier molecular flexibility index (Phi) is 5.00. The van der Waals surface area contributed by atoms with Crippen molar-refractivity contribution in [3.05, 3.63) is 44.2 Å². The predicted molar refractivity (Wildman–Crippen MR) is 96.7 cm³/mol. The molecule has 0 spiro atoms. The quantitative estimate of drug-likeness (QED) is 0.605. The summed E-state index contributed by atoms with van der Waals surface area (Å²) in [5.74, 6) is -0.184. The van der Waals surface area contributed by atoms with E-state index in [1.165, 1.54) is 0 Å². The number of benzene rings is 1. The van der Waals surface area contributed by atoms with Crippen LogP contribution in [-0.4, -0.2) is 34.3 Å². The maximum absolute atomic E-state index is 12.1. The van der Waals surface area contributed by atoms with Crippen molar-refractivity contribution in [2.75, 3.05) is 28.7 Å². The highest BCUT2D eigenvalue weighted by atomic mass is 35.5. The molecule has 0 fully saturated rings. The fraction of sp³-hybridized carbons (Fsp3) is 0.267. The Morgan fingerprint density at radius 1 is 1.36 bits per heavy atom. The first-order valence-electron chi connectivity index (χ1n) is 7.47. The lowest BCUT2D eigenvalue weighted by Crippen LogP contribution is -2.26. The Morgan fingerprint density at radius 2 is 2.16 bits per heavy atom. The molecule has 1 aromatic carbocycles. The molecule has 10 heteroatoms. The Hall–Kier alpha value is -2.45.